The normalized spacial score (nSPS) is 43.3. The minimum Gasteiger partial charge on any atom is -0.336 e. The van der Waals surface area contributed by atoms with Gasteiger partial charge in [0.1, 0.15) is 0 Å². The molecule has 0 saturated heterocycles. The lowest BCUT2D eigenvalue weighted by molar-refractivity contribution is -0.0694. The van der Waals surface area contributed by atoms with Crippen molar-refractivity contribution in [3.05, 3.63) is 18.7 Å². The molecule has 3 heteroatoms. The Balaban J connectivity index is 1.56. The highest BCUT2D eigenvalue weighted by Crippen LogP contribution is 2.61. The summed E-state index contributed by atoms with van der Waals surface area (Å²) in [4.78, 5) is 4.13. The van der Waals surface area contributed by atoms with Crippen LogP contribution in [0, 0.1) is 23.2 Å². The van der Waals surface area contributed by atoms with Gasteiger partial charge >= 0.3 is 0 Å². The van der Waals surface area contributed by atoms with Crippen LogP contribution in [0.1, 0.15) is 38.5 Å². The summed E-state index contributed by atoms with van der Waals surface area (Å²) in [5.41, 5.74) is 7.07. The van der Waals surface area contributed by atoms with Gasteiger partial charge in [0.15, 0.2) is 0 Å². The van der Waals surface area contributed by atoms with E-state index < -0.39 is 0 Å². The summed E-state index contributed by atoms with van der Waals surface area (Å²) in [7, 11) is 0. The van der Waals surface area contributed by atoms with Crippen molar-refractivity contribution < 1.29 is 0 Å². The van der Waals surface area contributed by atoms with E-state index in [9.17, 15) is 0 Å². The van der Waals surface area contributed by atoms with Crippen LogP contribution in [0.4, 0.5) is 0 Å². The van der Waals surface area contributed by atoms with E-state index in [1.807, 2.05) is 18.7 Å². The summed E-state index contributed by atoms with van der Waals surface area (Å²) in [6, 6.07) is 0.320. The largest absolute Gasteiger partial charge is 0.336 e. The molecule has 1 heterocycles. The molecule has 4 saturated carbocycles. The van der Waals surface area contributed by atoms with Crippen LogP contribution < -0.4 is 5.73 Å². The van der Waals surface area contributed by atoms with E-state index in [0.29, 0.717) is 11.5 Å². The van der Waals surface area contributed by atoms with Gasteiger partial charge in [-0.2, -0.15) is 0 Å². The molecule has 3 nitrogen and oxygen atoms in total. The molecule has 18 heavy (non-hydrogen) atoms. The van der Waals surface area contributed by atoms with Gasteiger partial charge in [-0.05, 0) is 61.7 Å². The first-order valence-electron chi connectivity index (χ1n) is 7.45. The third kappa shape index (κ3) is 1.63. The lowest BCUT2D eigenvalue weighted by Gasteiger charge is -2.59. The number of aromatic nitrogens is 2. The maximum atomic E-state index is 6.62. The number of nitrogens with zero attached hydrogens (tertiary/aromatic N) is 2. The highest BCUT2D eigenvalue weighted by atomic mass is 15.0. The van der Waals surface area contributed by atoms with Crippen LogP contribution in [-0.2, 0) is 6.54 Å². The molecule has 1 aromatic rings. The maximum Gasteiger partial charge on any atom is 0.0946 e. The van der Waals surface area contributed by atoms with E-state index >= 15 is 0 Å². The zero-order valence-electron chi connectivity index (χ0n) is 11.0. The average Bonchev–Trinajstić information content (AvgIpc) is 2.79. The Kier molecular flexibility index (Phi) is 2.35. The maximum absolute atomic E-state index is 6.62. The summed E-state index contributed by atoms with van der Waals surface area (Å²) >= 11 is 0. The summed E-state index contributed by atoms with van der Waals surface area (Å²) in [6.07, 6.45) is 14.5. The number of rotatable bonds is 3. The monoisotopic (exact) mass is 245 g/mol. The first kappa shape index (κ1) is 11.0. The van der Waals surface area contributed by atoms with Crippen LogP contribution in [0.25, 0.3) is 0 Å². The lowest BCUT2D eigenvalue weighted by atomic mass is 9.48. The molecule has 98 valence electrons. The second-order valence-electron chi connectivity index (χ2n) is 7.15. The Morgan fingerprint density at radius 2 is 1.78 bits per heavy atom. The predicted octanol–water partition coefficient (Wildman–Crippen LogP) is 2.43. The van der Waals surface area contributed by atoms with Crippen molar-refractivity contribution in [1.82, 2.24) is 9.55 Å². The van der Waals surface area contributed by atoms with Gasteiger partial charge in [-0.3, -0.25) is 0 Å². The number of nitrogens with two attached hydrogens (primary N) is 1. The molecule has 2 N–H and O–H groups in total. The topological polar surface area (TPSA) is 43.8 Å². The number of hydrogen-bond acceptors (Lipinski definition) is 2. The molecule has 0 amide bonds. The van der Waals surface area contributed by atoms with Crippen molar-refractivity contribution in [1.29, 1.82) is 0 Å². The Morgan fingerprint density at radius 1 is 1.17 bits per heavy atom. The van der Waals surface area contributed by atoms with Gasteiger partial charge < -0.3 is 10.3 Å². The molecular weight excluding hydrogens is 222 g/mol. The molecule has 4 aliphatic rings. The molecule has 1 unspecified atom stereocenters. The van der Waals surface area contributed by atoms with Gasteiger partial charge in [0.25, 0.3) is 0 Å². The van der Waals surface area contributed by atoms with Gasteiger partial charge in [0.2, 0.25) is 0 Å². The minimum atomic E-state index is 0.320. The number of hydrogen-bond donors (Lipinski definition) is 1. The van der Waals surface area contributed by atoms with Gasteiger partial charge in [0.05, 0.1) is 6.33 Å². The average molecular weight is 245 g/mol. The van der Waals surface area contributed by atoms with Crippen LogP contribution >= 0.6 is 0 Å². The van der Waals surface area contributed by atoms with E-state index in [0.717, 1.165) is 24.3 Å². The van der Waals surface area contributed by atoms with Gasteiger partial charge in [0, 0.05) is 25.0 Å². The molecule has 5 rings (SSSR count). The molecule has 4 fully saturated rings. The third-order valence-electron chi connectivity index (χ3n) is 5.84. The smallest absolute Gasteiger partial charge is 0.0946 e. The molecule has 1 atom stereocenters. The summed E-state index contributed by atoms with van der Waals surface area (Å²) < 4.78 is 2.16. The van der Waals surface area contributed by atoms with E-state index in [2.05, 4.69) is 9.55 Å². The van der Waals surface area contributed by atoms with E-state index in [1.165, 1.54) is 38.5 Å². The molecular formula is C15H23N3. The lowest BCUT2D eigenvalue weighted by Crippen LogP contribution is -2.55. The summed E-state index contributed by atoms with van der Waals surface area (Å²) in [6.45, 7) is 0.951. The first-order chi connectivity index (χ1) is 8.73. The molecule has 4 bridgehead atoms. The Morgan fingerprint density at radius 3 is 2.28 bits per heavy atom. The third-order valence-corrected chi connectivity index (χ3v) is 5.84. The Bertz CT molecular complexity index is 388. The van der Waals surface area contributed by atoms with Crippen molar-refractivity contribution in [2.24, 2.45) is 28.9 Å². The minimum absolute atomic E-state index is 0.320. The fraction of sp³-hybridized carbons (Fsp3) is 0.800. The Labute approximate surface area is 109 Å². The molecule has 4 aliphatic carbocycles. The fourth-order valence-corrected chi connectivity index (χ4v) is 5.45. The quantitative estimate of drug-likeness (QED) is 0.889. The second-order valence-corrected chi connectivity index (χ2v) is 7.15. The van der Waals surface area contributed by atoms with Crippen molar-refractivity contribution in [3.63, 3.8) is 0 Å². The Hall–Kier alpha value is -0.830. The molecule has 1 aromatic heterocycles. The highest BCUT2D eigenvalue weighted by Gasteiger charge is 2.53. The summed E-state index contributed by atoms with van der Waals surface area (Å²) in [5, 5.41) is 0. The molecule has 0 aromatic carbocycles. The molecule has 0 aliphatic heterocycles. The zero-order valence-corrected chi connectivity index (χ0v) is 11.0. The molecule has 0 radical (unpaired) electrons. The van der Waals surface area contributed by atoms with Crippen molar-refractivity contribution >= 4 is 0 Å². The number of imidazole rings is 1. The van der Waals surface area contributed by atoms with E-state index in [4.69, 9.17) is 5.73 Å². The van der Waals surface area contributed by atoms with E-state index in [-0.39, 0.29) is 0 Å². The standard InChI is InChI=1S/C15H23N3/c16-14(9-18-2-1-17-10-18)15-6-11-3-12(7-15)5-13(4-11)8-15/h1-2,10-14H,3-9,16H2. The van der Waals surface area contributed by atoms with Gasteiger partial charge in [-0.25, -0.2) is 4.98 Å². The van der Waals surface area contributed by atoms with Gasteiger partial charge in [-0.15, -0.1) is 0 Å². The SMILES string of the molecule is NC(Cn1ccnc1)C12CC3CC(CC(C3)C1)C2. The molecule has 0 spiro atoms. The summed E-state index contributed by atoms with van der Waals surface area (Å²) in [5.74, 6) is 2.97. The highest BCUT2D eigenvalue weighted by molar-refractivity contribution is 5.05. The van der Waals surface area contributed by atoms with Crippen molar-refractivity contribution in [3.8, 4) is 0 Å². The first-order valence-corrected chi connectivity index (χ1v) is 7.45. The zero-order chi connectivity index (χ0) is 12.2. The van der Waals surface area contributed by atoms with Crippen LogP contribution in [0.3, 0.4) is 0 Å². The van der Waals surface area contributed by atoms with E-state index in [1.54, 1.807) is 0 Å². The van der Waals surface area contributed by atoms with Crippen LogP contribution in [0.15, 0.2) is 18.7 Å². The van der Waals surface area contributed by atoms with Crippen molar-refractivity contribution in [2.45, 2.75) is 51.1 Å². The van der Waals surface area contributed by atoms with Crippen LogP contribution in [0.2, 0.25) is 0 Å². The predicted molar refractivity (Wildman–Crippen MR) is 70.8 cm³/mol. The fourth-order valence-electron chi connectivity index (χ4n) is 5.45. The second kappa shape index (κ2) is 3.83. The van der Waals surface area contributed by atoms with Crippen LogP contribution in [0.5, 0.6) is 0 Å². The van der Waals surface area contributed by atoms with Crippen LogP contribution in [-0.4, -0.2) is 15.6 Å². The van der Waals surface area contributed by atoms with Gasteiger partial charge in [-0.1, -0.05) is 0 Å². The van der Waals surface area contributed by atoms with Crippen molar-refractivity contribution in [2.75, 3.05) is 0 Å².